The highest BCUT2D eigenvalue weighted by atomic mass is 16.5. The maximum atomic E-state index is 11.1. The smallest absolute Gasteiger partial charge is 0.219 e. The third-order valence-corrected chi connectivity index (χ3v) is 3.83. The molecule has 0 radical (unpaired) electrons. The molecule has 0 aliphatic carbocycles. The summed E-state index contributed by atoms with van der Waals surface area (Å²) in [4.78, 5) is 13.2. The summed E-state index contributed by atoms with van der Waals surface area (Å²) in [5.74, 6) is -0.280. The van der Waals surface area contributed by atoms with Gasteiger partial charge in [-0.3, -0.25) is 4.79 Å². The molecule has 1 unspecified atom stereocenters. The van der Waals surface area contributed by atoms with E-state index in [1.54, 1.807) is 0 Å². The molecule has 1 aromatic rings. The van der Waals surface area contributed by atoms with Crippen LogP contribution in [0.2, 0.25) is 0 Å². The van der Waals surface area contributed by atoms with Gasteiger partial charge in [-0.05, 0) is 37.5 Å². The van der Waals surface area contributed by atoms with E-state index < -0.39 is 0 Å². The molecule has 1 aromatic carbocycles. The van der Waals surface area contributed by atoms with Gasteiger partial charge in [0.15, 0.2) is 0 Å². The molecule has 1 amide bonds. The molecule has 0 aromatic heterocycles. The fraction of sp³-hybridized carbons (Fsp3) is 0.588. The molecule has 1 fully saturated rings. The minimum absolute atomic E-state index is 0.248. The normalized spacial score (nSPS) is 17.6. The molecule has 1 atom stereocenters. The van der Waals surface area contributed by atoms with Crippen LogP contribution in [0, 0.1) is 6.92 Å². The number of ether oxygens (including phenoxy) is 2. The summed E-state index contributed by atoms with van der Waals surface area (Å²) in [7, 11) is 0. The Balaban J connectivity index is 1.82. The van der Waals surface area contributed by atoms with Crippen molar-refractivity contribution in [2.45, 2.75) is 32.3 Å². The van der Waals surface area contributed by atoms with Gasteiger partial charge in [-0.15, -0.1) is 0 Å². The van der Waals surface area contributed by atoms with Crippen molar-refractivity contribution in [3.05, 3.63) is 29.8 Å². The number of anilines is 1. The number of aryl methyl sites for hydroxylation is 1. The second kappa shape index (κ2) is 8.76. The largest absolute Gasteiger partial charge is 0.377 e. The fourth-order valence-electron chi connectivity index (χ4n) is 2.61. The molecule has 0 bridgehead atoms. The molecule has 122 valence electrons. The lowest BCUT2D eigenvalue weighted by atomic mass is 10.2. The van der Waals surface area contributed by atoms with Gasteiger partial charge >= 0.3 is 0 Å². The van der Waals surface area contributed by atoms with Crippen molar-refractivity contribution < 1.29 is 14.3 Å². The number of rotatable bonds is 9. The molecule has 0 saturated carbocycles. The molecule has 1 heterocycles. The minimum Gasteiger partial charge on any atom is -0.377 e. The van der Waals surface area contributed by atoms with Crippen molar-refractivity contribution in [2.24, 2.45) is 5.73 Å². The number of primary amides is 1. The lowest BCUT2D eigenvalue weighted by molar-refractivity contribution is -0.117. The van der Waals surface area contributed by atoms with E-state index in [0.29, 0.717) is 26.2 Å². The first kappa shape index (κ1) is 16.8. The van der Waals surface area contributed by atoms with Gasteiger partial charge in [-0.25, -0.2) is 0 Å². The van der Waals surface area contributed by atoms with Crippen LogP contribution in [0.15, 0.2) is 24.3 Å². The summed E-state index contributed by atoms with van der Waals surface area (Å²) >= 11 is 0. The van der Waals surface area contributed by atoms with Crippen molar-refractivity contribution in [1.82, 2.24) is 0 Å². The van der Waals surface area contributed by atoms with Gasteiger partial charge in [0.05, 0.1) is 19.3 Å². The maximum Gasteiger partial charge on any atom is 0.219 e. The number of carbonyl (C=O) groups excluding carboxylic acids is 1. The van der Waals surface area contributed by atoms with Gasteiger partial charge in [0.2, 0.25) is 5.91 Å². The van der Waals surface area contributed by atoms with Crippen LogP contribution >= 0.6 is 0 Å². The number of amides is 1. The molecular formula is C17H26N2O3. The zero-order valence-electron chi connectivity index (χ0n) is 13.3. The molecule has 0 spiro atoms. The van der Waals surface area contributed by atoms with E-state index in [4.69, 9.17) is 15.2 Å². The monoisotopic (exact) mass is 306 g/mol. The molecule has 1 aliphatic rings. The van der Waals surface area contributed by atoms with Gasteiger partial charge in [0.25, 0.3) is 0 Å². The average molecular weight is 306 g/mol. The lowest BCUT2D eigenvalue weighted by Gasteiger charge is -2.25. The lowest BCUT2D eigenvalue weighted by Crippen LogP contribution is -2.32. The van der Waals surface area contributed by atoms with Crippen LogP contribution in [0.5, 0.6) is 0 Å². The summed E-state index contributed by atoms with van der Waals surface area (Å²) in [6.45, 7) is 5.53. The Kier molecular flexibility index (Phi) is 6.68. The number of hydrogen-bond donors (Lipinski definition) is 1. The van der Waals surface area contributed by atoms with E-state index in [-0.39, 0.29) is 12.0 Å². The van der Waals surface area contributed by atoms with E-state index in [1.807, 2.05) is 12.1 Å². The molecule has 2 N–H and O–H groups in total. The number of hydrogen-bond acceptors (Lipinski definition) is 4. The molecule has 1 saturated heterocycles. The van der Waals surface area contributed by atoms with Gasteiger partial charge in [-0.2, -0.15) is 0 Å². The van der Waals surface area contributed by atoms with E-state index in [0.717, 1.165) is 31.7 Å². The third kappa shape index (κ3) is 5.66. The Hall–Kier alpha value is -1.59. The number of nitrogens with zero attached hydrogens (tertiary/aromatic N) is 1. The van der Waals surface area contributed by atoms with Crippen molar-refractivity contribution in [3.8, 4) is 0 Å². The summed E-state index contributed by atoms with van der Waals surface area (Å²) < 4.78 is 11.3. The first-order valence-corrected chi connectivity index (χ1v) is 7.94. The molecule has 22 heavy (non-hydrogen) atoms. The third-order valence-electron chi connectivity index (χ3n) is 3.83. The highest BCUT2D eigenvalue weighted by Gasteiger charge is 2.15. The quantitative estimate of drug-likeness (QED) is 0.707. The van der Waals surface area contributed by atoms with Gasteiger partial charge in [0.1, 0.15) is 0 Å². The maximum absolute atomic E-state index is 11.1. The summed E-state index contributed by atoms with van der Waals surface area (Å²) in [6, 6.07) is 8.24. The first-order valence-electron chi connectivity index (χ1n) is 7.94. The second-order valence-electron chi connectivity index (χ2n) is 5.75. The van der Waals surface area contributed by atoms with Crippen LogP contribution in [-0.2, 0) is 14.3 Å². The van der Waals surface area contributed by atoms with Crippen LogP contribution in [0.1, 0.15) is 24.8 Å². The van der Waals surface area contributed by atoms with Crippen LogP contribution in [-0.4, -0.2) is 44.9 Å². The summed E-state index contributed by atoms with van der Waals surface area (Å²) in [5, 5.41) is 0. The number of carbonyl (C=O) groups is 1. The zero-order valence-corrected chi connectivity index (χ0v) is 13.3. The minimum atomic E-state index is -0.280. The summed E-state index contributed by atoms with van der Waals surface area (Å²) in [6.07, 6.45) is 2.81. The second-order valence-corrected chi connectivity index (χ2v) is 5.75. The van der Waals surface area contributed by atoms with Gasteiger partial charge in [0, 0.05) is 31.8 Å². The molecular weight excluding hydrogens is 280 g/mol. The molecule has 2 rings (SSSR count). The Morgan fingerprint density at radius 3 is 3.00 bits per heavy atom. The fourth-order valence-corrected chi connectivity index (χ4v) is 2.61. The predicted molar refractivity (Wildman–Crippen MR) is 87.0 cm³/mol. The average Bonchev–Trinajstić information content (AvgIpc) is 2.99. The van der Waals surface area contributed by atoms with E-state index in [1.165, 1.54) is 5.56 Å². The topological polar surface area (TPSA) is 64.8 Å². The Labute approximate surface area is 132 Å². The van der Waals surface area contributed by atoms with Crippen LogP contribution in [0.3, 0.4) is 0 Å². The highest BCUT2D eigenvalue weighted by Crippen LogP contribution is 2.16. The Morgan fingerprint density at radius 2 is 2.32 bits per heavy atom. The van der Waals surface area contributed by atoms with E-state index in [9.17, 15) is 4.79 Å². The molecule has 1 aliphatic heterocycles. The molecule has 5 heteroatoms. The zero-order chi connectivity index (χ0) is 15.8. The van der Waals surface area contributed by atoms with Crippen molar-refractivity contribution in [1.29, 1.82) is 0 Å². The Bertz CT molecular complexity index is 473. The highest BCUT2D eigenvalue weighted by molar-refractivity contribution is 5.74. The van der Waals surface area contributed by atoms with Crippen LogP contribution < -0.4 is 10.6 Å². The standard InChI is InChI=1S/C17H26N2O3/c1-14-4-2-5-15(12-14)19(8-7-17(18)20)9-11-21-13-16-6-3-10-22-16/h2,4-5,12,16H,3,6-11,13H2,1H3,(H2,18,20). The van der Waals surface area contributed by atoms with E-state index in [2.05, 4.69) is 24.0 Å². The van der Waals surface area contributed by atoms with Crippen molar-refractivity contribution in [2.75, 3.05) is 37.8 Å². The molecule has 5 nitrogen and oxygen atoms in total. The van der Waals surface area contributed by atoms with Crippen molar-refractivity contribution >= 4 is 11.6 Å². The Morgan fingerprint density at radius 1 is 1.45 bits per heavy atom. The van der Waals surface area contributed by atoms with E-state index >= 15 is 0 Å². The van der Waals surface area contributed by atoms with Gasteiger partial charge in [-0.1, -0.05) is 12.1 Å². The SMILES string of the molecule is Cc1cccc(N(CCOCC2CCCO2)CCC(N)=O)c1. The van der Waals surface area contributed by atoms with Gasteiger partial charge < -0.3 is 20.1 Å². The van der Waals surface area contributed by atoms with Crippen molar-refractivity contribution in [3.63, 3.8) is 0 Å². The predicted octanol–water partition coefficient (Wildman–Crippen LogP) is 1.87. The first-order chi connectivity index (χ1) is 10.6. The number of benzene rings is 1. The van der Waals surface area contributed by atoms with Crippen LogP contribution in [0.25, 0.3) is 0 Å². The van der Waals surface area contributed by atoms with Crippen LogP contribution in [0.4, 0.5) is 5.69 Å². The number of nitrogens with two attached hydrogens (primary N) is 1. The summed E-state index contributed by atoms with van der Waals surface area (Å²) in [5.41, 5.74) is 7.57.